The Hall–Kier alpha value is -1.39. The molecule has 1 aliphatic rings. The number of aromatic hydroxyl groups is 1. The lowest BCUT2D eigenvalue weighted by Gasteiger charge is -2.14. The van der Waals surface area contributed by atoms with E-state index in [1.54, 1.807) is 31.4 Å². The molecular formula is C16H23NO3. The van der Waals surface area contributed by atoms with Gasteiger partial charge in [0, 0.05) is 25.8 Å². The molecule has 0 amide bonds. The van der Waals surface area contributed by atoms with E-state index in [9.17, 15) is 9.90 Å². The number of hydrogen-bond acceptors (Lipinski definition) is 4. The summed E-state index contributed by atoms with van der Waals surface area (Å²) in [7, 11) is 1.73. The minimum absolute atomic E-state index is 0.109. The van der Waals surface area contributed by atoms with Gasteiger partial charge in [-0.15, -0.1) is 0 Å². The van der Waals surface area contributed by atoms with Gasteiger partial charge in [0.1, 0.15) is 5.75 Å². The van der Waals surface area contributed by atoms with E-state index in [0.717, 1.165) is 26.1 Å². The van der Waals surface area contributed by atoms with E-state index in [2.05, 4.69) is 11.8 Å². The number of methoxy groups -OCH3 is 1. The standard InChI is InChI=1S/C16H23NO3/c1-3-12-8-17(9-14(12)11-20-2)10-16(19)13-4-6-15(18)7-5-13/h4-7,12,14,18H,3,8-11H2,1-2H3. The Morgan fingerprint density at radius 2 is 1.95 bits per heavy atom. The number of ketones is 1. The fourth-order valence-corrected chi connectivity index (χ4v) is 2.97. The minimum atomic E-state index is 0.109. The smallest absolute Gasteiger partial charge is 0.176 e. The lowest BCUT2D eigenvalue weighted by atomic mass is 9.95. The molecule has 1 N–H and O–H groups in total. The van der Waals surface area contributed by atoms with Crippen molar-refractivity contribution in [2.75, 3.05) is 33.4 Å². The van der Waals surface area contributed by atoms with Crippen molar-refractivity contribution < 1.29 is 14.6 Å². The average molecular weight is 277 g/mol. The summed E-state index contributed by atoms with van der Waals surface area (Å²) in [5.74, 6) is 1.44. The summed E-state index contributed by atoms with van der Waals surface area (Å²) in [4.78, 5) is 14.4. The van der Waals surface area contributed by atoms with Crippen molar-refractivity contribution in [1.82, 2.24) is 4.90 Å². The van der Waals surface area contributed by atoms with Crippen molar-refractivity contribution in [2.24, 2.45) is 11.8 Å². The molecule has 0 spiro atoms. The van der Waals surface area contributed by atoms with Crippen LogP contribution in [0, 0.1) is 11.8 Å². The summed E-state index contributed by atoms with van der Waals surface area (Å²) in [6.45, 7) is 5.30. The van der Waals surface area contributed by atoms with Gasteiger partial charge in [0.05, 0.1) is 13.2 Å². The van der Waals surface area contributed by atoms with E-state index in [1.807, 2.05) is 0 Å². The molecule has 2 unspecified atom stereocenters. The van der Waals surface area contributed by atoms with E-state index in [-0.39, 0.29) is 11.5 Å². The maximum Gasteiger partial charge on any atom is 0.176 e. The number of nitrogens with zero attached hydrogens (tertiary/aromatic N) is 1. The van der Waals surface area contributed by atoms with Gasteiger partial charge >= 0.3 is 0 Å². The summed E-state index contributed by atoms with van der Waals surface area (Å²) in [5.41, 5.74) is 0.658. The van der Waals surface area contributed by atoms with Crippen molar-refractivity contribution in [2.45, 2.75) is 13.3 Å². The van der Waals surface area contributed by atoms with E-state index in [1.165, 1.54) is 0 Å². The van der Waals surface area contributed by atoms with E-state index in [4.69, 9.17) is 4.74 Å². The Kier molecular flexibility index (Phi) is 5.15. The highest BCUT2D eigenvalue weighted by Crippen LogP contribution is 2.26. The summed E-state index contributed by atoms with van der Waals surface area (Å²) >= 11 is 0. The zero-order valence-electron chi connectivity index (χ0n) is 12.2. The van der Waals surface area contributed by atoms with Crippen molar-refractivity contribution >= 4 is 5.78 Å². The predicted octanol–water partition coefficient (Wildman–Crippen LogP) is 2.18. The first-order valence-corrected chi connectivity index (χ1v) is 7.17. The molecule has 1 saturated heterocycles. The van der Waals surface area contributed by atoms with Crippen LogP contribution in [-0.4, -0.2) is 49.1 Å². The molecule has 1 heterocycles. The summed E-state index contributed by atoms with van der Waals surface area (Å²) in [5, 5.41) is 9.25. The predicted molar refractivity (Wildman–Crippen MR) is 78.0 cm³/mol. The lowest BCUT2D eigenvalue weighted by Crippen LogP contribution is -2.28. The SMILES string of the molecule is CCC1CN(CC(=O)c2ccc(O)cc2)CC1COC. The van der Waals surface area contributed by atoms with Crippen LogP contribution in [0.25, 0.3) is 0 Å². The topological polar surface area (TPSA) is 49.8 Å². The molecule has 1 aromatic rings. The van der Waals surface area contributed by atoms with Crippen LogP contribution in [0.3, 0.4) is 0 Å². The molecule has 4 heteroatoms. The molecule has 1 fully saturated rings. The quantitative estimate of drug-likeness (QED) is 0.810. The first-order chi connectivity index (χ1) is 9.63. The Morgan fingerprint density at radius 3 is 2.55 bits per heavy atom. The summed E-state index contributed by atoms with van der Waals surface area (Å²) in [6.07, 6.45) is 1.12. The van der Waals surface area contributed by atoms with Gasteiger partial charge in [-0.1, -0.05) is 13.3 Å². The van der Waals surface area contributed by atoms with Crippen LogP contribution in [0.15, 0.2) is 24.3 Å². The molecular weight excluding hydrogens is 254 g/mol. The monoisotopic (exact) mass is 277 g/mol. The Balaban J connectivity index is 1.93. The number of carbonyl (C=O) groups excluding carboxylic acids is 1. The number of ether oxygens (including phenoxy) is 1. The van der Waals surface area contributed by atoms with Crippen LogP contribution in [0.2, 0.25) is 0 Å². The van der Waals surface area contributed by atoms with Gasteiger partial charge in [-0.25, -0.2) is 0 Å². The highest BCUT2D eigenvalue weighted by Gasteiger charge is 2.32. The van der Waals surface area contributed by atoms with Crippen molar-refractivity contribution in [3.63, 3.8) is 0 Å². The van der Waals surface area contributed by atoms with E-state index < -0.39 is 0 Å². The fourth-order valence-electron chi connectivity index (χ4n) is 2.97. The van der Waals surface area contributed by atoms with Crippen LogP contribution in [0.5, 0.6) is 5.75 Å². The van der Waals surface area contributed by atoms with Gasteiger partial charge in [0.2, 0.25) is 0 Å². The van der Waals surface area contributed by atoms with E-state index >= 15 is 0 Å². The van der Waals surface area contributed by atoms with Gasteiger partial charge in [0.25, 0.3) is 0 Å². The van der Waals surface area contributed by atoms with Gasteiger partial charge < -0.3 is 9.84 Å². The zero-order valence-corrected chi connectivity index (χ0v) is 12.2. The first-order valence-electron chi connectivity index (χ1n) is 7.17. The van der Waals surface area contributed by atoms with Crippen molar-refractivity contribution in [1.29, 1.82) is 0 Å². The molecule has 0 aliphatic carbocycles. The molecule has 110 valence electrons. The first kappa shape index (κ1) is 15.0. The third kappa shape index (κ3) is 3.58. The minimum Gasteiger partial charge on any atom is -0.508 e. The van der Waals surface area contributed by atoms with Crippen molar-refractivity contribution in [3.8, 4) is 5.75 Å². The molecule has 0 radical (unpaired) electrons. The molecule has 2 rings (SSSR count). The fraction of sp³-hybridized carbons (Fsp3) is 0.562. The molecule has 20 heavy (non-hydrogen) atoms. The molecule has 1 aromatic carbocycles. The second-order valence-electron chi connectivity index (χ2n) is 5.55. The number of benzene rings is 1. The number of rotatable bonds is 6. The molecule has 2 atom stereocenters. The van der Waals surface area contributed by atoms with Gasteiger partial charge in [-0.05, 0) is 36.1 Å². The lowest BCUT2D eigenvalue weighted by molar-refractivity contribution is 0.0937. The number of carbonyl (C=O) groups is 1. The molecule has 1 aliphatic heterocycles. The van der Waals surface area contributed by atoms with E-state index in [0.29, 0.717) is 23.9 Å². The van der Waals surface area contributed by atoms with Crippen LogP contribution < -0.4 is 0 Å². The van der Waals surface area contributed by atoms with Gasteiger partial charge in [0.15, 0.2) is 5.78 Å². The second-order valence-corrected chi connectivity index (χ2v) is 5.55. The normalized spacial score (nSPS) is 23.1. The summed E-state index contributed by atoms with van der Waals surface area (Å²) in [6, 6.07) is 6.47. The van der Waals surface area contributed by atoms with Crippen LogP contribution in [0.1, 0.15) is 23.7 Å². The number of Topliss-reactive ketones (excluding diaryl/α,β-unsaturated/α-hetero) is 1. The third-order valence-corrected chi connectivity index (χ3v) is 4.11. The number of phenols is 1. The number of likely N-dealkylation sites (tertiary alicyclic amines) is 1. The maximum absolute atomic E-state index is 12.2. The second kappa shape index (κ2) is 6.86. The Labute approximate surface area is 120 Å². The van der Waals surface area contributed by atoms with Gasteiger partial charge in [-0.3, -0.25) is 9.69 Å². The Morgan fingerprint density at radius 1 is 1.30 bits per heavy atom. The largest absolute Gasteiger partial charge is 0.508 e. The molecule has 0 saturated carbocycles. The molecule has 0 aromatic heterocycles. The molecule has 4 nitrogen and oxygen atoms in total. The summed E-state index contributed by atoms with van der Waals surface area (Å²) < 4.78 is 5.27. The highest BCUT2D eigenvalue weighted by molar-refractivity contribution is 5.97. The highest BCUT2D eigenvalue weighted by atomic mass is 16.5. The van der Waals surface area contributed by atoms with Crippen LogP contribution in [-0.2, 0) is 4.74 Å². The molecule has 0 bridgehead atoms. The third-order valence-electron chi connectivity index (χ3n) is 4.11. The van der Waals surface area contributed by atoms with Gasteiger partial charge in [-0.2, -0.15) is 0 Å². The van der Waals surface area contributed by atoms with Crippen LogP contribution >= 0.6 is 0 Å². The zero-order chi connectivity index (χ0) is 14.5. The number of phenolic OH excluding ortho intramolecular Hbond substituents is 1. The maximum atomic E-state index is 12.2. The number of hydrogen-bond donors (Lipinski definition) is 1. The van der Waals surface area contributed by atoms with Crippen LogP contribution in [0.4, 0.5) is 0 Å². The Bertz CT molecular complexity index is 444. The average Bonchev–Trinajstić information content (AvgIpc) is 2.81. The van der Waals surface area contributed by atoms with Crippen molar-refractivity contribution in [3.05, 3.63) is 29.8 Å².